The Hall–Kier alpha value is -1.05. The van der Waals surface area contributed by atoms with Gasteiger partial charge in [-0.25, -0.2) is 4.79 Å². The molecule has 14 heavy (non-hydrogen) atoms. The zero-order chi connectivity index (χ0) is 10.4. The first-order valence-electron chi connectivity index (χ1n) is 5.20. The summed E-state index contributed by atoms with van der Waals surface area (Å²) in [7, 11) is 0. The maximum atomic E-state index is 10.9. The van der Waals surface area contributed by atoms with Crippen molar-refractivity contribution in [3.63, 3.8) is 0 Å². The van der Waals surface area contributed by atoms with E-state index in [1.165, 1.54) is 6.08 Å². The van der Waals surface area contributed by atoms with Crippen LogP contribution in [0.25, 0.3) is 0 Å². The molecule has 0 fully saturated rings. The molecule has 0 aromatic rings. The monoisotopic (exact) mass is 194 g/mol. The molecule has 2 nitrogen and oxygen atoms in total. The van der Waals surface area contributed by atoms with Crippen LogP contribution in [-0.2, 0) is 9.53 Å². The van der Waals surface area contributed by atoms with E-state index in [2.05, 4.69) is 26.0 Å². The van der Waals surface area contributed by atoms with Gasteiger partial charge in [0.2, 0.25) is 0 Å². The predicted octanol–water partition coefficient (Wildman–Crippen LogP) is 2.85. The summed E-state index contributed by atoms with van der Waals surface area (Å²) in [5.41, 5.74) is 0. The van der Waals surface area contributed by atoms with E-state index >= 15 is 0 Å². The number of hydrogen-bond acceptors (Lipinski definition) is 2. The first kappa shape index (κ1) is 11.0. The number of ether oxygens (including phenoxy) is 1. The van der Waals surface area contributed by atoms with Crippen molar-refractivity contribution >= 4 is 5.97 Å². The van der Waals surface area contributed by atoms with Gasteiger partial charge in [0, 0.05) is 18.9 Å². The number of carbonyl (C=O) groups is 1. The van der Waals surface area contributed by atoms with E-state index in [-0.39, 0.29) is 12.1 Å². The minimum atomic E-state index is -0.210. The highest BCUT2D eigenvalue weighted by molar-refractivity contribution is 5.82. The smallest absolute Gasteiger partial charge is 0.330 e. The van der Waals surface area contributed by atoms with Crippen molar-refractivity contribution in [2.75, 3.05) is 0 Å². The van der Waals surface area contributed by atoms with Gasteiger partial charge in [0.1, 0.15) is 6.10 Å². The van der Waals surface area contributed by atoms with E-state index in [0.29, 0.717) is 5.92 Å². The summed E-state index contributed by atoms with van der Waals surface area (Å²) in [6.45, 7) is 4.38. The Morgan fingerprint density at radius 1 is 1.57 bits per heavy atom. The Bertz CT molecular complexity index is 239. The maximum Gasteiger partial charge on any atom is 0.330 e. The summed E-state index contributed by atoms with van der Waals surface area (Å²) < 4.78 is 5.12. The summed E-state index contributed by atoms with van der Waals surface area (Å²) in [6.07, 6.45) is 10.5. The molecular formula is C12H18O2. The van der Waals surface area contributed by atoms with E-state index in [4.69, 9.17) is 4.74 Å². The highest BCUT2D eigenvalue weighted by Crippen LogP contribution is 2.12. The molecule has 0 bridgehead atoms. The quantitative estimate of drug-likeness (QED) is 0.508. The first-order valence-corrected chi connectivity index (χ1v) is 5.20. The molecule has 1 atom stereocenters. The first-order chi connectivity index (χ1) is 6.68. The van der Waals surface area contributed by atoms with Crippen LogP contribution in [0, 0.1) is 5.92 Å². The Kier molecular flexibility index (Phi) is 4.44. The zero-order valence-corrected chi connectivity index (χ0v) is 8.90. The molecule has 0 saturated carbocycles. The minimum Gasteiger partial charge on any atom is -0.459 e. The second-order valence-electron chi connectivity index (χ2n) is 4.03. The number of cyclic esters (lactones) is 1. The normalized spacial score (nSPS) is 21.9. The average Bonchev–Trinajstić information content (AvgIpc) is 2.12. The second-order valence-corrected chi connectivity index (χ2v) is 4.03. The Morgan fingerprint density at radius 3 is 3.00 bits per heavy atom. The molecule has 1 heterocycles. The SMILES string of the molecule is CC(C)C/C=C/CC1CC=CC(=O)O1. The molecule has 1 aliphatic rings. The molecule has 1 aliphatic heterocycles. The summed E-state index contributed by atoms with van der Waals surface area (Å²) in [4.78, 5) is 10.9. The molecule has 1 unspecified atom stereocenters. The van der Waals surface area contributed by atoms with Gasteiger partial charge in [0.25, 0.3) is 0 Å². The molecule has 78 valence electrons. The topological polar surface area (TPSA) is 26.3 Å². The van der Waals surface area contributed by atoms with Crippen molar-refractivity contribution in [1.29, 1.82) is 0 Å². The van der Waals surface area contributed by atoms with Gasteiger partial charge in [0.05, 0.1) is 0 Å². The molecular weight excluding hydrogens is 176 g/mol. The van der Waals surface area contributed by atoms with Gasteiger partial charge in [-0.3, -0.25) is 0 Å². The second kappa shape index (κ2) is 5.63. The van der Waals surface area contributed by atoms with Crippen molar-refractivity contribution in [2.45, 2.75) is 39.2 Å². The highest BCUT2D eigenvalue weighted by atomic mass is 16.5. The number of allylic oxidation sites excluding steroid dienone is 1. The largest absolute Gasteiger partial charge is 0.459 e. The summed E-state index contributed by atoms with van der Waals surface area (Å²) in [5, 5.41) is 0. The molecule has 0 aliphatic carbocycles. The highest BCUT2D eigenvalue weighted by Gasteiger charge is 2.13. The average molecular weight is 194 g/mol. The summed E-state index contributed by atoms with van der Waals surface area (Å²) >= 11 is 0. The lowest BCUT2D eigenvalue weighted by atomic mass is 10.1. The fraction of sp³-hybridized carbons (Fsp3) is 0.583. The van der Waals surface area contributed by atoms with Crippen LogP contribution in [0.5, 0.6) is 0 Å². The van der Waals surface area contributed by atoms with E-state index in [1.54, 1.807) is 0 Å². The summed E-state index contributed by atoms with van der Waals surface area (Å²) in [6, 6.07) is 0. The number of rotatable bonds is 4. The summed E-state index contributed by atoms with van der Waals surface area (Å²) in [5.74, 6) is 0.485. The van der Waals surface area contributed by atoms with E-state index in [1.807, 2.05) is 6.08 Å². The van der Waals surface area contributed by atoms with E-state index in [9.17, 15) is 4.79 Å². The molecule has 0 spiro atoms. The van der Waals surface area contributed by atoms with Gasteiger partial charge in [-0.1, -0.05) is 32.1 Å². The standard InChI is InChI=1S/C12H18O2/c1-10(2)6-3-4-7-11-8-5-9-12(13)14-11/h3-5,9-11H,6-8H2,1-2H3/b4-3+. The molecule has 2 heteroatoms. The molecule has 0 saturated heterocycles. The van der Waals surface area contributed by atoms with Crippen LogP contribution < -0.4 is 0 Å². The van der Waals surface area contributed by atoms with E-state index < -0.39 is 0 Å². The van der Waals surface area contributed by atoms with E-state index in [0.717, 1.165) is 19.3 Å². The fourth-order valence-electron chi connectivity index (χ4n) is 1.33. The van der Waals surface area contributed by atoms with Gasteiger partial charge in [0.15, 0.2) is 0 Å². The third-order valence-electron chi connectivity index (χ3n) is 2.11. The third-order valence-corrected chi connectivity index (χ3v) is 2.11. The molecule has 1 rings (SSSR count). The van der Waals surface area contributed by atoms with Gasteiger partial charge < -0.3 is 4.74 Å². The van der Waals surface area contributed by atoms with Crippen LogP contribution in [0.15, 0.2) is 24.3 Å². The van der Waals surface area contributed by atoms with Gasteiger partial charge in [-0.15, -0.1) is 0 Å². The fourth-order valence-corrected chi connectivity index (χ4v) is 1.33. The minimum absolute atomic E-state index is 0.0518. The van der Waals surface area contributed by atoms with Crippen molar-refractivity contribution in [3.8, 4) is 0 Å². The Morgan fingerprint density at radius 2 is 2.36 bits per heavy atom. The molecule has 0 amide bonds. The Labute approximate surface area is 85.6 Å². The Balaban J connectivity index is 2.22. The molecule has 0 N–H and O–H groups in total. The van der Waals surface area contributed by atoms with Crippen molar-refractivity contribution < 1.29 is 9.53 Å². The lowest BCUT2D eigenvalue weighted by Crippen LogP contribution is -2.18. The van der Waals surface area contributed by atoms with Gasteiger partial charge in [-0.2, -0.15) is 0 Å². The number of esters is 1. The van der Waals surface area contributed by atoms with Crippen LogP contribution in [0.1, 0.15) is 33.1 Å². The van der Waals surface area contributed by atoms with Crippen molar-refractivity contribution in [3.05, 3.63) is 24.3 Å². The van der Waals surface area contributed by atoms with Gasteiger partial charge in [-0.05, 0) is 12.3 Å². The zero-order valence-electron chi connectivity index (χ0n) is 8.90. The van der Waals surface area contributed by atoms with Crippen LogP contribution in [0.2, 0.25) is 0 Å². The number of carbonyl (C=O) groups excluding carboxylic acids is 1. The van der Waals surface area contributed by atoms with Gasteiger partial charge >= 0.3 is 5.97 Å². The number of hydrogen-bond donors (Lipinski definition) is 0. The van der Waals surface area contributed by atoms with Crippen LogP contribution in [0.4, 0.5) is 0 Å². The van der Waals surface area contributed by atoms with Crippen LogP contribution in [0.3, 0.4) is 0 Å². The predicted molar refractivity (Wildman–Crippen MR) is 56.8 cm³/mol. The molecule has 0 aromatic carbocycles. The van der Waals surface area contributed by atoms with Crippen molar-refractivity contribution in [1.82, 2.24) is 0 Å². The lowest BCUT2D eigenvalue weighted by Gasteiger charge is -2.16. The van der Waals surface area contributed by atoms with Crippen LogP contribution >= 0.6 is 0 Å². The lowest BCUT2D eigenvalue weighted by molar-refractivity contribution is -0.143. The molecule has 0 radical (unpaired) electrons. The molecule has 0 aromatic heterocycles. The van der Waals surface area contributed by atoms with Crippen LogP contribution in [-0.4, -0.2) is 12.1 Å². The maximum absolute atomic E-state index is 10.9. The van der Waals surface area contributed by atoms with Crippen molar-refractivity contribution in [2.24, 2.45) is 5.92 Å². The third kappa shape index (κ3) is 4.26.